The van der Waals surface area contributed by atoms with Gasteiger partial charge in [0.25, 0.3) is 0 Å². The van der Waals surface area contributed by atoms with E-state index in [9.17, 15) is 14.4 Å². The number of phenols is 3. The van der Waals surface area contributed by atoms with E-state index in [1.807, 2.05) is 0 Å². The maximum absolute atomic E-state index is 10.3. The maximum atomic E-state index is 10.3. The zero-order valence-corrected chi connectivity index (χ0v) is 17.7. The van der Waals surface area contributed by atoms with Crippen LogP contribution in [0.25, 0.3) is 0 Å². The zero-order valence-electron chi connectivity index (χ0n) is 15.9. The first-order valence-corrected chi connectivity index (χ1v) is 8.19. The van der Waals surface area contributed by atoms with E-state index in [1.54, 1.807) is 36.4 Å². The van der Waals surface area contributed by atoms with Crippen molar-refractivity contribution < 1.29 is 70.9 Å². The first kappa shape index (κ1) is 27.3. The van der Waals surface area contributed by atoms with E-state index in [1.165, 1.54) is 36.4 Å². The molecule has 1 radical (unpaired) electrons. The molecule has 0 atom stereocenters. The number of para-hydroxylation sites is 3. The second-order valence-electron chi connectivity index (χ2n) is 5.47. The molecule has 0 aromatic heterocycles. The minimum atomic E-state index is -1.11. The molecule has 9 nitrogen and oxygen atoms in total. The molecular weight excluding hydrogens is 441 g/mol. The van der Waals surface area contributed by atoms with E-state index in [0.29, 0.717) is 0 Å². The number of carboxylic acid groups (broad SMARTS) is 3. The third-order valence-corrected chi connectivity index (χ3v) is 3.40. The molecule has 31 heavy (non-hydrogen) atoms. The summed E-state index contributed by atoms with van der Waals surface area (Å²) in [5, 5.41) is 51.9. The average molecular weight is 459 g/mol. The van der Waals surface area contributed by atoms with Crippen LogP contribution in [0.4, 0.5) is 0 Å². The average Bonchev–Trinajstić information content (AvgIpc) is 2.69. The van der Waals surface area contributed by atoms with E-state index in [4.69, 9.17) is 30.6 Å². The molecule has 10 heteroatoms. The molecule has 0 aliphatic heterocycles. The molecular formula is C21H18O9Sc. The van der Waals surface area contributed by atoms with Crippen molar-refractivity contribution in [1.29, 1.82) is 0 Å². The van der Waals surface area contributed by atoms with Gasteiger partial charge in [-0.05, 0) is 36.4 Å². The van der Waals surface area contributed by atoms with Crippen molar-refractivity contribution in [3.8, 4) is 17.2 Å². The largest absolute Gasteiger partial charge is 0.507 e. The molecule has 0 aliphatic rings. The third kappa shape index (κ3) is 9.13. The van der Waals surface area contributed by atoms with Crippen molar-refractivity contribution in [2.24, 2.45) is 0 Å². The Morgan fingerprint density at radius 3 is 0.774 bits per heavy atom. The van der Waals surface area contributed by atoms with Gasteiger partial charge in [0.05, 0.1) is 0 Å². The zero-order chi connectivity index (χ0) is 22.7. The molecule has 0 fully saturated rings. The molecule has 0 aliphatic carbocycles. The quantitative estimate of drug-likeness (QED) is 0.344. The Labute approximate surface area is 195 Å². The van der Waals surface area contributed by atoms with Crippen LogP contribution in [-0.2, 0) is 25.8 Å². The Kier molecular flexibility index (Phi) is 11.9. The summed E-state index contributed by atoms with van der Waals surface area (Å²) in [6.45, 7) is 0. The van der Waals surface area contributed by atoms with E-state index in [0.717, 1.165) is 0 Å². The van der Waals surface area contributed by atoms with Crippen LogP contribution in [0.2, 0.25) is 0 Å². The standard InChI is InChI=1S/3C7H6O3.Sc/c3*8-6-4-2-1-3-5(6)7(9)10;/h3*1-4,8H,(H,9,10);. The number of carboxylic acids is 3. The fourth-order valence-electron chi connectivity index (χ4n) is 1.96. The van der Waals surface area contributed by atoms with Crippen LogP contribution in [-0.4, -0.2) is 48.5 Å². The fourth-order valence-corrected chi connectivity index (χ4v) is 1.96. The molecule has 0 spiro atoms. The number of rotatable bonds is 3. The first-order chi connectivity index (χ1) is 14.1. The molecule has 0 bridgehead atoms. The fraction of sp³-hybridized carbons (Fsp3) is 0. The van der Waals surface area contributed by atoms with Crippen LogP contribution in [0.15, 0.2) is 72.8 Å². The van der Waals surface area contributed by atoms with Gasteiger partial charge < -0.3 is 30.6 Å². The van der Waals surface area contributed by atoms with Crippen molar-refractivity contribution >= 4 is 17.9 Å². The van der Waals surface area contributed by atoms with Crippen LogP contribution in [0.3, 0.4) is 0 Å². The normalized spacial score (nSPS) is 8.90. The summed E-state index contributed by atoms with van der Waals surface area (Å²) in [5.74, 6) is -3.94. The molecule has 3 aromatic rings. The molecule has 3 aromatic carbocycles. The van der Waals surface area contributed by atoms with Gasteiger partial charge in [-0.2, -0.15) is 0 Å². The second kappa shape index (κ2) is 13.5. The minimum absolute atomic E-state index is 0. The van der Waals surface area contributed by atoms with E-state index < -0.39 is 17.9 Å². The van der Waals surface area contributed by atoms with Gasteiger partial charge in [-0.25, -0.2) is 14.4 Å². The number of carbonyl (C=O) groups is 3. The van der Waals surface area contributed by atoms with Crippen molar-refractivity contribution in [2.75, 3.05) is 0 Å². The Bertz CT molecular complexity index is 903. The maximum Gasteiger partial charge on any atom is 0.339 e. The second-order valence-corrected chi connectivity index (χ2v) is 5.47. The summed E-state index contributed by atoms with van der Waals surface area (Å²) >= 11 is 0. The summed E-state index contributed by atoms with van der Waals surface area (Å²) in [6, 6.07) is 17.4. The van der Waals surface area contributed by atoms with Crippen molar-refractivity contribution in [3.05, 3.63) is 89.5 Å². The summed E-state index contributed by atoms with van der Waals surface area (Å²) in [5.41, 5.74) is -0.201. The number of hydrogen-bond acceptors (Lipinski definition) is 6. The van der Waals surface area contributed by atoms with Crippen molar-refractivity contribution in [3.63, 3.8) is 0 Å². The van der Waals surface area contributed by atoms with E-state index in [-0.39, 0.29) is 59.8 Å². The molecule has 159 valence electrons. The number of benzene rings is 3. The topological polar surface area (TPSA) is 173 Å². The van der Waals surface area contributed by atoms with Gasteiger partial charge >= 0.3 is 17.9 Å². The number of aromatic carboxylic acids is 3. The molecule has 0 unspecified atom stereocenters. The molecule has 3 rings (SSSR count). The minimum Gasteiger partial charge on any atom is -0.507 e. The van der Waals surface area contributed by atoms with Gasteiger partial charge in [-0.15, -0.1) is 0 Å². The van der Waals surface area contributed by atoms with Gasteiger partial charge in [0, 0.05) is 25.8 Å². The smallest absolute Gasteiger partial charge is 0.339 e. The van der Waals surface area contributed by atoms with Crippen LogP contribution in [0, 0.1) is 0 Å². The van der Waals surface area contributed by atoms with Gasteiger partial charge in [-0.3, -0.25) is 0 Å². The molecule has 6 N–H and O–H groups in total. The summed E-state index contributed by atoms with van der Waals surface area (Å²) in [7, 11) is 0. The first-order valence-electron chi connectivity index (χ1n) is 8.19. The van der Waals surface area contributed by atoms with Crippen LogP contribution >= 0.6 is 0 Å². The van der Waals surface area contributed by atoms with Crippen LogP contribution in [0.5, 0.6) is 17.2 Å². The third-order valence-electron chi connectivity index (χ3n) is 3.40. The number of hydrogen-bond donors (Lipinski definition) is 6. The summed E-state index contributed by atoms with van der Waals surface area (Å²) < 4.78 is 0. The van der Waals surface area contributed by atoms with E-state index in [2.05, 4.69) is 0 Å². The Balaban J connectivity index is 0.000000429. The van der Waals surface area contributed by atoms with Gasteiger partial charge in [0.2, 0.25) is 0 Å². The van der Waals surface area contributed by atoms with Crippen LogP contribution < -0.4 is 0 Å². The molecule has 0 heterocycles. The predicted molar refractivity (Wildman–Crippen MR) is 105 cm³/mol. The summed E-state index contributed by atoms with van der Waals surface area (Å²) in [6.07, 6.45) is 0. The SMILES string of the molecule is O=C(O)c1ccccc1O.O=C(O)c1ccccc1O.O=C(O)c1ccccc1O.[Sc]. The number of aromatic hydroxyl groups is 3. The molecule has 0 saturated carbocycles. The Morgan fingerprint density at radius 2 is 0.645 bits per heavy atom. The van der Waals surface area contributed by atoms with Crippen LogP contribution in [0.1, 0.15) is 31.1 Å². The van der Waals surface area contributed by atoms with Gasteiger partial charge in [-0.1, -0.05) is 36.4 Å². The van der Waals surface area contributed by atoms with Crippen molar-refractivity contribution in [2.45, 2.75) is 0 Å². The van der Waals surface area contributed by atoms with Crippen molar-refractivity contribution in [1.82, 2.24) is 0 Å². The predicted octanol–water partition coefficient (Wildman–Crippen LogP) is 3.27. The van der Waals surface area contributed by atoms with Gasteiger partial charge in [0.15, 0.2) is 0 Å². The molecule has 0 saturated heterocycles. The Morgan fingerprint density at radius 1 is 0.452 bits per heavy atom. The monoisotopic (exact) mass is 459 g/mol. The van der Waals surface area contributed by atoms with E-state index >= 15 is 0 Å². The Hall–Kier alpha value is -3.66. The van der Waals surface area contributed by atoms with Gasteiger partial charge in [0.1, 0.15) is 33.9 Å². The molecule has 0 amide bonds. The summed E-state index contributed by atoms with van der Waals surface area (Å²) in [4.78, 5) is 30.8.